The van der Waals surface area contributed by atoms with Crippen LogP contribution in [0.4, 0.5) is 0 Å². The normalized spacial score (nSPS) is 11.1. The Kier molecular flexibility index (Phi) is 5.99. The number of furan rings is 1. The highest BCUT2D eigenvalue weighted by molar-refractivity contribution is 7.99. The van der Waals surface area contributed by atoms with Crippen LogP contribution < -0.4 is 14.6 Å². The monoisotopic (exact) mass is 401 g/mol. The molecule has 0 saturated heterocycles. The molecule has 0 aliphatic carbocycles. The minimum absolute atomic E-state index is 0.269. The quantitative estimate of drug-likeness (QED) is 0.413. The van der Waals surface area contributed by atoms with Gasteiger partial charge in [-0.25, -0.2) is 0 Å². The van der Waals surface area contributed by atoms with Gasteiger partial charge in [-0.3, -0.25) is 0 Å². The molecule has 0 spiro atoms. The summed E-state index contributed by atoms with van der Waals surface area (Å²) < 4.78 is 17.3. The minimum atomic E-state index is -1.20. The van der Waals surface area contributed by atoms with Crippen LogP contribution in [0, 0.1) is 6.92 Å². The molecule has 0 unspecified atom stereocenters. The fraction of sp³-hybridized carbons (Fsp3) is 0.222. The maximum Gasteiger partial charge on any atom is 0.212 e. The number of carboxylic acid groups (broad SMARTS) is 1. The van der Waals surface area contributed by atoms with Crippen molar-refractivity contribution < 1.29 is 23.8 Å². The lowest BCUT2D eigenvalue weighted by molar-refractivity contribution is -0.301. The van der Waals surface area contributed by atoms with Gasteiger partial charge in [0.1, 0.15) is 5.76 Å². The summed E-state index contributed by atoms with van der Waals surface area (Å²) >= 11 is 0.966. The molecule has 2 heterocycles. The molecule has 0 aliphatic rings. The third-order valence-electron chi connectivity index (χ3n) is 3.76. The molecule has 2 aromatic heterocycles. The van der Waals surface area contributed by atoms with Crippen molar-refractivity contribution in [1.29, 1.82) is 0 Å². The van der Waals surface area contributed by atoms with E-state index in [-0.39, 0.29) is 5.75 Å². The van der Waals surface area contributed by atoms with E-state index < -0.39 is 5.97 Å². The standard InChI is InChI=1S/C18H18N4O5S/c1-11-13(6-7-27-11)17-20-21-18(28-10-16(23)24)22(17)19-9-12-4-5-14(25-2)15(8-12)26-3/h4-9H,10H2,1-3H3,(H,23,24)/p-1/b19-9-. The number of benzene rings is 1. The van der Waals surface area contributed by atoms with Crippen LogP contribution in [0.1, 0.15) is 11.3 Å². The fourth-order valence-electron chi connectivity index (χ4n) is 2.43. The molecule has 0 saturated carbocycles. The molecule has 0 fully saturated rings. The van der Waals surface area contributed by atoms with E-state index in [4.69, 9.17) is 13.9 Å². The van der Waals surface area contributed by atoms with Gasteiger partial charge in [0.15, 0.2) is 17.3 Å². The SMILES string of the molecule is COc1ccc(/C=N\n2c(SCC(=O)[O-])nnc2-c2ccoc2C)cc1OC. The first-order valence-electron chi connectivity index (χ1n) is 8.12. The van der Waals surface area contributed by atoms with Crippen molar-refractivity contribution in [3.05, 3.63) is 41.9 Å². The molecule has 28 heavy (non-hydrogen) atoms. The van der Waals surface area contributed by atoms with E-state index in [1.54, 1.807) is 45.6 Å². The maximum atomic E-state index is 10.8. The van der Waals surface area contributed by atoms with Gasteiger partial charge in [0.05, 0.1) is 38.2 Å². The first kappa shape index (κ1) is 19.5. The predicted octanol–water partition coefficient (Wildman–Crippen LogP) is 1.59. The van der Waals surface area contributed by atoms with Gasteiger partial charge in [0, 0.05) is 5.75 Å². The lowest BCUT2D eigenvalue weighted by Gasteiger charge is -2.08. The third-order valence-corrected chi connectivity index (χ3v) is 4.65. The maximum absolute atomic E-state index is 10.8. The van der Waals surface area contributed by atoms with Crippen molar-refractivity contribution in [3.8, 4) is 22.9 Å². The lowest BCUT2D eigenvalue weighted by Crippen LogP contribution is -2.24. The van der Waals surface area contributed by atoms with Crippen molar-refractivity contribution in [2.24, 2.45) is 5.10 Å². The molecule has 3 rings (SSSR count). The predicted molar refractivity (Wildman–Crippen MR) is 101 cm³/mol. The minimum Gasteiger partial charge on any atom is -0.549 e. The average Bonchev–Trinajstić information content (AvgIpc) is 3.29. The van der Waals surface area contributed by atoms with E-state index in [0.717, 1.165) is 17.3 Å². The zero-order chi connectivity index (χ0) is 20.1. The molecular formula is C18H17N4O5S-. The van der Waals surface area contributed by atoms with Crippen molar-refractivity contribution in [2.75, 3.05) is 20.0 Å². The van der Waals surface area contributed by atoms with Crippen molar-refractivity contribution in [2.45, 2.75) is 12.1 Å². The molecule has 0 radical (unpaired) electrons. The number of aromatic nitrogens is 3. The van der Waals surface area contributed by atoms with Crippen LogP contribution in [0.15, 0.2) is 45.2 Å². The van der Waals surface area contributed by atoms with Crippen LogP contribution in [0.2, 0.25) is 0 Å². The molecule has 0 aliphatic heterocycles. The van der Waals surface area contributed by atoms with Crippen LogP contribution in [0.25, 0.3) is 11.4 Å². The van der Waals surface area contributed by atoms with Crippen molar-refractivity contribution in [3.63, 3.8) is 0 Å². The highest BCUT2D eigenvalue weighted by Gasteiger charge is 2.17. The third kappa shape index (κ3) is 4.17. The number of thioether (sulfide) groups is 1. The fourth-order valence-corrected chi connectivity index (χ4v) is 3.03. The van der Waals surface area contributed by atoms with Gasteiger partial charge in [0.25, 0.3) is 0 Å². The highest BCUT2D eigenvalue weighted by Crippen LogP contribution is 2.28. The largest absolute Gasteiger partial charge is 0.549 e. The van der Waals surface area contributed by atoms with Gasteiger partial charge < -0.3 is 23.8 Å². The first-order valence-corrected chi connectivity index (χ1v) is 9.11. The Balaban J connectivity index is 1.99. The molecular weight excluding hydrogens is 384 g/mol. The van der Waals surface area contributed by atoms with Gasteiger partial charge in [-0.15, -0.1) is 10.2 Å². The number of rotatable bonds is 8. The second kappa shape index (κ2) is 8.61. The van der Waals surface area contributed by atoms with E-state index in [9.17, 15) is 9.90 Å². The van der Waals surface area contributed by atoms with Gasteiger partial charge >= 0.3 is 0 Å². The van der Waals surface area contributed by atoms with Gasteiger partial charge in [-0.2, -0.15) is 9.78 Å². The smallest absolute Gasteiger partial charge is 0.212 e. The molecule has 10 heteroatoms. The van der Waals surface area contributed by atoms with Gasteiger partial charge in [-0.1, -0.05) is 11.8 Å². The Morgan fingerprint density at radius 2 is 2.07 bits per heavy atom. The number of methoxy groups -OCH3 is 2. The molecule has 0 bridgehead atoms. The molecule has 0 atom stereocenters. The Morgan fingerprint density at radius 1 is 1.29 bits per heavy atom. The van der Waals surface area contributed by atoms with E-state index in [1.807, 2.05) is 6.07 Å². The Bertz CT molecular complexity index is 1010. The van der Waals surface area contributed by atoms with Gasteiger partial charge in [0.2, 0.25) is 5.16 Å². The van der Waals surface area contributed by atoms with E-state index >= 15 is 0 Å². The van der Waals surface area contributed by atoms with Crippen LogP contribution in [-0.4, -0.2) is 47.0 Å². The Morgan fingerprint density at radius 3 is 2.71 bits per heavy atom. The van der Waals surface area contributed by atoms with E-state index in [1.165, 1.54) is 10.9 Å². The second-order valence-corrected chi connectivity index (χ2v) is 6.47. The molecule has 3 aromatic rings. The Labute approximate surface area is 165 Å². The number of hydrogen-bond donors (Lipinski definition) is 0. The molecule has 146 valence electrons. The molecule has 1 aromatic carbocycles. The zero-order valence-electron chi connectivity index (χ0n) is 15.4. The first-order chi connectivity index (χ1) is 13.5. The van der Waals surface area contributed by atoms with Crippen molar-refractivity contribution >= 4 is 23.9 Å². The summed E-state index contributed by atoms with van der Waals surface area (Å²) in [5.74, 6) is 0.769. The number of aryl methyl sites for hydroxylation is 1. The van der Waals surface area contributed by atoms with Crippen molar-refractivity contribution in [1.82, 2.24) is 14.9 Å². The molecule has 0 N–H and O–H groups in total. The van der Waals surface area contributed by atoms with Crippen LogP contribution in [0.3, 0.4) is 0 Å². The lowest BCUT2D eigenvalue weighted by atomic mass is 10.2. The van der Waals surface area contributed by atoms with Crippen LogP contribution in [0.5, 0.6) is 11.5 Å². The number of aliphatic carboxylic acids is 1. The Hall–Kier alpha value is -3.27. The number of carbonyl (C=O) groups is 1. The summed E-state index contributed by atoms with van der Waals surface area (Å²) in [4.78, 5) is 10.8. The second-order valence-electron chi connectivity index (χ2n) is 5.53. The number of carbonyl (C=O) groups excluding carboxylic acids is 1. The molecule has 9 nitrogen and oxygen atoms in total. The van der Waals surface area contributed by atoms with Crippen LogP contribution >= 0.6 is 11.8 Å². The summed E-state index contributed by atoms with van der Waals surface area (Å²) in [5, 5.41) is 23.7. The number of carboxylic acids is 1. The average molecular weight is 401 g/mol. The zero-order valence-corrected chi connectivity index (χ0v) is 16.2. The summed E-state index contributed by atoms with van der Waals surface area (Å²) in [7, 11) is 3.11. The van der Waals surface area contributed by atoms with Gasteiger partial charge in [-0.05, 0) is 36.8 Å². The van der Waals surface area contributed by atoms with E-state index in [0.29, 0.717) is 33.8 Å². The van der Waals surface area contributed by atoms with Crippen LogP contribution in [-0.2, 0) is 4.79 Å². The number of ether oxygens (including phenoxy) is 2. The summed E-state index contributed by atoms with van der Waals surface area (Å²) in [5.41, 5.74) is 1.45. The topological polar surface area (TPSA) is 115 Å². The summed E-state index contributed by atoms with van der Waals surface area (Å²) in [6.45, 7) is 1.79. The molecule has 0 amide bonds. The van der Waals surface area contributed by atoms with E-state index in [2.05, 4.69) is 15.3 Å². The summed E-state index contributed by atoms with van der Waals surface area (Å²) in [6.07, 6.45) is 3.13. The number of hydrogen-bond acceptors (Lipinski definition) is 9. The highest BCUT2D eigenvalue weighted by atomic mass is 32.2. The summed E-state index contributed by atoms with van der Waals surface area (Å²) in [6, 6.07) is 7.09. The number of nitrogens with zero attached hydrogens (tertiary/aromatic N) is 4.